The van der Waals surface area contributed by atoms with Crippen molar-refractivity contribution in [2.24, 2.45) is 0 Å². The molecule has 12 rings (SSSR count). The third kappa shape index (κ3) is 4.94. The van der Waals surface area contributed by atoms with Crippen LogP contribution in [0.15, 0.2) is 191 Å². The van der Waals surface area contributed by atoms with Gasteiger partial charge in [-0.15, -0.1) is 0 Å². The highest BCUT2D eigenvalue weighted by Crippen LogP contribution is 2.41. The summed E-state index contributed by atoms with van der Waals surface area (Å²) >= 11 is 0. The second kappa shape index (κ2) is 12.3. The van der Waals surface area contributed by atoms with Crippen LogP contribution in [0.5, 0.6) is 0 Å². The summed E-state index contributed by atoms with van der Waals surface area (Å²) in [5, 5.41) is 6.44. The molecule has 12 aromatic rings. The Balaban J connectivity index is 1.08. The quantitative estimate of drug-likeness (QED) is 0.176. The Morgan fingerprint density at radius 1 is 0.333 bits per heavy atom. The van der Waals surface area contributed by atoms with E-state index in [1.165, 1.54) is 10.8 Å². The molecule has 8 aromatic carbocycles. The van der Waals surface area contributed by atoms with Gasteiger partial charge < -0.3 is 13.4 Å². The number of aromatic nitrogens is 4. The fourth-order valence-electron chi connectivity index (χ4n) is 8.51. The lowest BCUT2D eigenvalue weighted by Crippen LogP contribution is -2.00. The summed E-state index contributed by atoms with van der Waals surface area (Å²) in [6.45, 7) is 0. The van der Waals surface area contributed by atoms with Crippen LogP contribution in [-0.4, -0.2) is 19.5 Å². The van der Waals surface area contributed by atoms with E-state index in [9.17, 15) is 0 Å². The van der Waals surface area contributed by atoms with Gasteiger partial charge in [-0.2, -0.15) is 0 Å². The summed E-state index contributed by atoms with van der Waals surface area (Å²) in [7, 11) is 0. The number of fused-ring (bicyclic) bond motifs is 9. The Morgan fingerprint density at radius 3 is 1.54 bits per heavy atom. The van der Waals surface area contributed by atoms with Crippen LogP contribution in [0.25, 0.3) is 117 Å². The third-order valence-electron chi connectivity index (χ3n) is 11.1. The molecule has 6 heteroatoms. The number of para-hydroxylation sites is 2. The van der Waals surface area contributed by atoms with Gasteiger partial charge in [0.2, 0.25) is 0 Å². The molecule has 57 heavy (non-hydrogen) atoms. The van der Waals surface area contributed by atoms with Crippen molar-refractivity contribution < 1.29 is 8.83 Å². The zero-order valence-electron chi connectivity index (χ0n) is 30.4. The molecule has 0 amide bonds. The van der Waals surface area contributed by atoms with Crippen LogP contribution in [0.3, 0.4) is 0 Å². The predicted octanol–water partition coefficient (Wildman–Crippen LogP) is 13.4. The predicted molar refractivity (Wildman–Crippen MR) is 230 cm³/mol. The van der Waals surface area contributed by atoms with Gasteiger partial charge in [-0.1, -0.05) is 121 Å². The van der Waals surface area contributed by atoms with E-state index in [1.807, 2.05) is 72.8 Å². The number of hydrogen-bond donors (Lipinski definition) is 0. The van der Waals surface area contributed by atoms with E-state index in [2.05, 4.69) is 114 Å². The summed E-state index contributed by atoms with van der Waals surface area (Å²) in [6, 6.07) is 62.6. The number of rotatable bonds is 5. The van der Waals surface area contributed by atoms with Gasteiger partial charge in [0.15, 0.2) is 17.5 Å². The van der Waals surface area contributed by atoms with Crippen molar-refractivity contribution in [3.05, 3.63) is 182 Å². The first-order valence-corrected chi connectivity index (χ1v) is 19.0. The van der Waals surface area contributed by atoms with Crippen LogP contribution in [-0.2, 0) is 0 Å². The second-order valence-electron chi connectivity index (χ2n) is 14.4. The fourth-order valence-corrected chi connectivity index (χ4v) is 8.51. The molecule has 0 fully saturated rings. The lowest BCUT2D eigenvalue weighted by atomic mass is 9.99. The molecule has 0 spiro atoms. The van der Waals surface area contributed by atoms with Gasteiger partial charge in [-0.3, -0.25) is 0 Å². The van der Waals surface area contributed by atoms with Gasteiger partial charge >= 0.3 is 0 Å². The highest BCUT2D eigenvalue weighted by Gasteiger charge is 2.21. The zero-order valence-corrected chi connectivity index (χ0v) is 30.4. The Morgan fingerprint density at radius 2 is 0.860 bits per heavy atom. The van der Waals surface area contributed by atoms with Crippen molar-refractivity contribution in [2.75, 3.05) is 0 Å². The maximum atomic E-state index is 6.53. The van der Waals surface area contributed by atoms with Crippen molar-refractivity contribution >= 4 is 65.7 Å². The molecule has 0 aliphatic carbocycles. The first-order valence-electron chi connectivity index (χ1n) is 19.0. The van der Waals surface area contributed by atoms with E-state index in [0.717, 1.165) is 88.4 Å². The summed E-state index contributed by atoms with van der Waals surface area (Å²) in [6.07, 6.45) is 0. The topological polar surface area (TPSA) is 69.9 Å². The van der Waals surface area contributed by atoms with E-state index < -0.39 is 0 Å². The molecule has 0 radical (unpaired) electrons. The normalized spacial score (nSPS) is 11.9. The number of nitrogens with zero attached hydrogens (tertiary/aromatic N) is 4. The molecule has 0 bridgehead atoms. The molecule has 4 heterocycles. The second-order valence-corrected chi connectivity index (χ2v) is 14.4. The van der Waals surface area contributed by atoms with Gasteiger partial charge in [0.05, 0.1) is 11.0 Å². The highest BCUT2D eigenvalue weighted by molar-refractivity contribution is 6.15. The SMILES string of the molecule is c1ccc(-c2nc(-c3ccc4oc5cccc(-c6ccccc6)c5c4c3)nc(-c3cccc4oc5ccc(-n6c7ccccc7c7ccccc76)cc5c34)n2)cc1. The van der Waals surface area contributed by atoms with E-state index in [-0.39, 0.29) is 0 Å². The minimum Gasteiger partial charge on any atom is -0.456 e. The summed E-state index contributed by atoms with van der Waals surface area (Å²) in [5.74, 6) is 1.73. The minimum absolute atomic E-state index is 0.566. The molecule has 0 unspecified atom stereocenters. The molecular formula is C51H30N4O2. The van der Waals surface area contributed by atoms with Crippen LogP contribution in [0, 0.1) is 0 Å². The minimum atomic E-state index is 0.566. The number of benzene rings is 8. The molecule has 266 valence electrons. The molecule has 0 aliphatic heterocycles. The fraction of sp³-hybridized carbons (Fsp3) is 0. The van der Waals surface area contributed by atoms with Gasteiger partial charge in [-0.05, 0) is 71.8 Å². The van der Waals surface area contributed by atoms with Crippen LogP contribution < -0.4 is 0 Å². The third-order valence-corrected chi connectivity index (χ3v) is 11.1. The van der Waals surface area contributed by atoms with E-state index in [1.54, 1.807) is 0 Å². The maximum absolute atomic E-state index is 6.53. The zero-order chi connectivity index (χ0) is 37.5. The van der Waals surface area contributed by atoms with Crippen LogP contribution in [0.4, 0.5) is 0 Å². The highest BCUT2D eigenvalue weighted by atomic mass is 16.3. The van der Waals surface area contributed by atoms with Crippen molar-refractivity contribution in [1.82, 2.24) is 19.5 Å². The molecular weight excluding hydrogens is 701 g/mol. The average Bonchev–Trinajstić information content (AvgIpc) is 3.96. The molecule has 0 N–H and O–H groups in total. The Labute approximate surface area is 325 Å². The molecule has 0 saturated carbocycles. The largest absolute Gasteiger partial charge is 0.456 e. The van der Waals surface area contributed by atoms with Crippen molar-refractivity contribution in [3.63, 3.8) is 0 Å². The van der Waals surface area contributed by atoms with Gasteiger partial charge in [0, 0.05) is 54.7 Å². The Bertz CT molecular complexity index is 3470. The number of furan rings is 2. The van der Waals surface area contributed by atoms with Crippen LogP contribution in [0.1, 0.15) is 0 Å². The summed E-state index contributed by atoms with van der Waals surface area (Å²) in [4.78, 5) is 15.5. The lowest BCUT2D eigenvalue weighted by molar-refractivity contribution is 0.668. The summed E-state index contributed by atoms with van der Waals surface area (Å²) < 4.78 is 15.3. The van der Waals surface area contributed by atoms with Gasteiger partial charge in [0.25, 0.3) is 0 Å². The van der Waals surface area contributed by atoms with Crippen molar-refractivity contribution in [2.45, 2.75) is 0 Å². The molecule has 4 aromatic heterocycles. The van der Waals surface area contributed by atoms with E-state index in [0.29, 0.717) is 17.5 Å². The molecule has 0 saturated heterocycles. The monoisotopic (exact) mass is 730 g/mol. The van der Waals surface area contributed by atoms with Gasteiger partial charge in [-0.25, -0.2) is 15.0 Å². The van der Waals surface area contributed by atoms with Gasteiger partial charge in [0.1, 0.15) is 22.3 Å². The number of hydrogen-bond acceptors (Lipinski definition) is 5. The van der Waals surface area contributed by atoms with E-state index in [4.69, 9.17) is 23.8 Å². The maximum Gasteiger partial charge on any atom is 0.164 e. The van der Waals surface area contributed by atoms with E-state index >= 15 is 0 Å². The smallest absolute Gasteiger partial charge is 0.164 e. The Kier molecular flexibility index (Phi) is 6.83. The Hall–Kier alpha value is -7.83. The van der Waals surface area contributed by atoms with Crippen LogP contribution >= 0.6 is 0 Å². The molecule has 6 nitrogen and oxygen atoms in total. The first kappa shape index (κ1) is 31.5. The molecule has 0 aliphatic rings. The first-order chi connectivity index (χ1) is 28.2. The average molecular weight is 731 g/mol. The molecule has 0 atom stereocenters. The van der Waals surface area contributed by atoms with Crippen molar-refractivity contribution in [3.8, 4) is 51.0 Å². The lowest BCUT2D eigenvalue weighted by Gasteiger charge is -2.10. The standard InChI is InChI=1S/C51H30N4O2/c1-3-13-31(14-4-1)35-19-11-23-45-47(35)39-29-33(25-27-43(39)56-45)50-52-49(32-15-5-2-6-16-32)53-51(54-50)38-20-12-24-46-48(38)40-30-34(26-28-44(40)57-46)55-41-21-9-7-17-36(41)37-18-8-10-22-42(37)55/h1-30H. The van der Waals surface area contributed by atoms with Crippen molar-refractivity contribution in [1.29, 1.82) is 0 Å². The summed E-state index contributed by atoms with van der Waals surface area (Å²) in [5.41, 5.74) is 11.5. The van der Waals surface area contributed by atoms with Crippen LogP contribution in [0.2, 0.25) is 0 Å².